The van der Waals surface area contributed by atoms with Crippen molar-refractivity contribution in [2.24, 2.45) is 11.7 Å². The van der Waals surface area contributed by atoms with Gasteiger partial charge in [0.05, 0.1) is 13.2 Å². The Hall–Kier alpha value is -1.58. The molecule has 0 spiro atoms. The van der Waals surface area contributed by atoms with Crippen molar-refractivity contribution in [3.63, 3.8) is 0 Å². The minimum Gasteiger partial charge on any atom is -0.379 e. The largest absolute Gasteiger partial charge is 0.379 e. The number of anilines is 1. The molecule has 1 heterocycles. The van der Waals surface area contributed by atoms with Crippen LogP contribution in [0.25, 0.3) is 10.8 Å². The number of hydrogen-bond acceptors (Lipinski definition) is 3. The average Bonchev–Trinajstić information content (AvgIpc) is 2.89. The van der Waals surface area contributed by atoms with Crippen molar-refractivity contribution in [3.05, 3.63) is 42.5 Å². The molecule has 2 atom stereocenters. The molecule has 2 aromatic carbocycles. The van der Waals surface area contributed by atoms with Crippen molar-refractivity contribution < 1.29 is 4.74 Å². The summed E-state index contributed by atoms with van der Waals surface area (Å²) < 4.78 is 5.49. The van der Waals surface area contributed by atoms with Crippen LogP contribution in [0, 0.1) is 5.92 Å². The van der Waals surface area contributed by atoms with Crippen LogP contribution in [0.15, 0.2) is 42.5 Å². The van der Waals surface area contributed by atoms with Gasteiger partial charge in [-0.3, -0.25) is 0 Å². The zero-order valence-corrected chi connectivity index (χ0v) is 12.0. The smallest absolute Gasteiger partial charge is 0.0621 e. The van der Waals surface area contributed by atoms with Gasteiger partial charge < -0.3 is 15.4 Å². The molecular formula is C17H22N2O. The molecule has 1 aliphatic heterocycles. The minimum atomic E-state index is 0.166. The van der Waals surface area contributed by atoms with Gasteiger partial charge in [-0.1, -0.05) is 36.4 Å². The average molecular weight is 270 g/mol. The van der Waals surface area contributed by atoms with Gasteiger partial charge >= 0.3 is 0 Å². The van der Waals surface area contributed by atoms with Gasteiger partial charge in [-0.2, -0.15) is 0 Å². The molecule has 1 fully saturated rings. The number of rotatable bonds is 4. The molecule has 2 aromatic rings. The summed E-state index contributed by atoms with van der Waals surface area (Å²) in [5.74, 6) is 0.425. The summed E-state index contributed by atoms with van der Waals surface area (Å²) in [5, 5.41) is 2.60. The summed E-state index contributed by atoms with van der Waals surface area (Å²) in [6.45, 7) is 5.62. The third kappa shape index (κ3) is 2.51. The van der Waals surface area contributed by atoms with Crippen LogP contribution in [0.1, 0.15) is 6.92 Å². The summed E-state index contributed by atoms with van der Waals surface area (Å²) in [5.41, 5.74) is 7.42. The fourth-order valence-corrected chi connectivity index (χ4v) is 2.97. The zero-order chi connectivity index (χ0) is 13.9. The lowest BCUT2D eigenvalue weighted by atomic mass is 10.0. The van der Waals surface area contributed by atoms with E-state index < -0.39 is 0 Å². The first kappa shape index (κ1) is 13.4. The lowest BCUT2D eigenvalue weighted by Crippen LogP contribution is -2.38. The molecular weight excluding hydrogens is 248 g/mol. The fourth-order valence-electron chi connectivity index (χ4n) is 2.97. The monoisotopic (exact) mass is 270 g/mol. The van der Waals surface area contributed by atoms with Gasteiger partial charge in [0.15, 0.2) is 0 Å². The van der Waals surface area contributed by atoms with Gasteiger partial charge in [-0.05, 0) is 18.4 Å². The molecule has 2 unspecified atom stereocenters. The molecule has 2 N–H and O–H groups in total. The number of benzene rings is 2. The van der Waals surface area contributed by atoms with E-state index >= 15 is 0 Å². The Kier molecular flexibility index (Phi) is 3.90. The zero-order valence-electron chi connectivity index (χ0n) is 12.0. The van der Waals surface area contributed by atoms with Gasteiger partial charge in [0, 0.05) is 36.1 Å². The van der Waals surface area contributed by atoms with Gasteiger partial charge in [0.2, 0.25) is 0 Å². The molecule has 1 aliphatic rings. The van der Waals surface area contributed by atoms with E-state index in [1.54, 1.807) is 0 Å². The number of fused-ring (bicyclic) bond motifs is 1. The SMILES string of the molecule is CCN(CC1COCC1N)c1cccc2ccccc12. The first-order chi connectivity index (χ1) is 9.79. The van der Waals surface area contributed by atoms with Crippen molar-refractivity contribution in [1.29, 1.82) is 0 Å². The Labute approximate surface area is 120 Å². The van der Waals surface area contributed by atoms with Crippen LogP contribution in [0.5, 0.6) is 0 Å². The highest BCUT2D eigenvalue weighted by Crippen LogP contribution is 2.28. The summed E-state index contributed by atoms with van der Waals surface area (Å²) in [6, 6.07) is 15.2. The maximum Gasteiger partial charge on any atom is 0.0621 e. The van der Waals surface area contributed by atoms with E-state index in [1.165, 1.54) is 16.5 Å². The molecule has 0 aliphatic carbocycles. The van der Waals surface area contributed by atoms with Crippen LogP contribution in [0.3, 0.4) is 0 Å². The number of nitrogens with zero attached hydrogens (tertiary/aromatic N) is 1. The molecule has 3 nitrogen and oxygen atoms in total. The van der Waals surface area contributed by atoms with E-state index in [0.29, 0.717) is 12.5 Å². The van der Waals surface area contributed by atoms with E-state index in [-0.39, 0.29) is 6.04 Å². The molecule has 0 saturated carbocycles. The van der Waals surface area contributed by atoms with Crippen molar-refractivity contribution in [3.8, 4) is 0 Å². The Bertz CT molecular complexity index is 579. The van der Waals surface area contributed by atoms with Crippen molar-refractivity contribution in [2.75, 3.05) is 31.2 Å². The van der Waals surface area contributed by atoms with E-state index in [1.807, 2.05) is 0 Å². The van der Waals surface area contributed by atoms with Crippen molar-refractivity contribution in [2.45, 2.75) is 13.0 Å². The second-order valence-corrected chi connectivity index (χ2v) is 5.50. The van der Waals surface area contributed by atoms with Crippen LogP contribution >= 0.6 is 0 Å². The molecule has 0 amide bonds. The third-order valence-corrected chi connectivity index (χ3v) is 4.19. The van der Waals surface area contributed by atoms with E-state index in [4.69, 9.17) is 10.5 Å². The Morgan fingerprint density at radius 3 is 2.70 bits per heavy atom. The standard InChI is InChI=1S/C17H22N2O/c1-2-19(10-14-11-20-12-16(14)18)17-9-5-7-13-6-3-4-8-15(13)17/h3-9,14,16H,2,10-12,18H2,1H3. The fraction of sp³-hybridized carbons (Fsp3) is 0.412. The van der Waals surface area contributed by atoms with E-state index in [9.17, 15) is 0 Å². The summed E-state index contributed by atoms with van der Waals surface area (Å²) >= 11 is 0. The predicted molar refractivity (Wildman–Crippen MR) is 84.1 cm³/mol. The van der Waals surface area contributed by atoms with Crippen LogP contribution in [0.4, 0.5) is 5.69 Å². The Morgan fingerprint density at radius 2 is 1.95 bits per heavy atom. The quantitative estimate of drug-likeness (QED) is 0.928. The van der Waals surface area contributed by atoms with Crippen LogP contribution in [-0.4, -0.2) is 32.3 Å². The minimum absolute atomic E-state index is 0.166. The van der Waals surface area contributed by atoms with Gasteiger partial charge in [0.1, 0.15) is 0 Å². The summed E-state index contributed by atoms with van der Waals surface area (Å²) in [4.78, 5) is 2.42. The number of ether oxygens (including phenoxy) is 1. The molecule has 3 rings (SSSR count). The van der Waals surface area contributed by atoms with Gasteiger partial charge in [-0.15, -0.1) is 0 Å². The third-order valence-electron chi connectivity index (χ3n) is 4.19. The highest BCUT2D eigenvalue weighted by atomic mass is 16.5. The molecule has 20 heavy (non-hydrogen) atoms. The van der Waals surface area contributed by atoms with Crippen LogP contribution < -0.4 is 10.6 Å². The topological polar surface area (TPSA) is 38.5 Å². The maximum absolute atomic E-state index is 6.12. The molecule has 0 radical (unpaired) electrons. The maximum atomic E-state index is 6.12. The first-order valence-corrected chi connectivity index (χ1v) is 7.35. The molecule has 0 aromatic heterocycles. The second kappa shape index (κ2) is 5.81. The molecule has 3 heteroatoms. The van der Waals surface area contributed by atoms with Crippen LogP contribution in [-0.2, 0) is 4.74 Å². The predicted octanol–water partition coefficient (Wildman–Crippen LogP) is 2.64. The van der Waals surface area contributed by atoms with E-state index in [2.05, 4.69) is 54.3 Å². The highest BCUT2D eigenvalue weighted by molar-refractivity contribution is 5.94. The number of nitrogens with two attached hydrogens (primary N) is 1. The first-order valence-electron chi connectivity index (χ1n) is 7.35. The summed E-state index contributed by atoms with van der Waals surface area (Å²) in [7, 11) is 0. The Morgan fingerprint density at radius 1 is 1.15 bits per heavy atom. The lowest BCUT2D eigenvalue weighted by Gasteiger charge is -2.28. The Balaban J connectivity index is 1.91. The second-order valence-electron chi connectivity index (χ2n) is 5.50. The van der Waals surface area contributed by atoms with E-state index in [0.717, 1.165) is 19.7 Å². The van der Waals surface area contributed by atoms with Crippen molar-refractivity contribution >= 4 is 16.5 Å². The summed E-state index contributed by atoms with van der Waals surface area (Å²) in [6.07, 6.45) is 0. The highest BCUT2D eigenvalue weighted by Gasteiger charge is 2.26. The molecule has 106 valence electrons. The normalized spacial score (nSPS) is 22.3. The molecule has 1 saturated heterocycles. The molecule has 0 bridgehead atoms. The number of hydrogen-bond donors (Lipinski definition) is 1. The lowest BCUT2D eigenvalue weighted by molar-refractivity contribution is 0.185. The van der Waals surface area contributed by atoms with Crippen molar-refractivity contribution in [1.82, 2.24) is 0 Å². The van der Waals surface area contributed by atoms with Crippen LogP contribution in [0.2, 0.25) is 0 Å². The van der Waals surface area contributed by atoms with Gasteiger partial charge in [-0.25, -0.2) is 0 Å². The van der Waals surface area contributed by atoms with Gasteiger partial charge in [0.25, 0.3) is 0 Å².